The molecule has 3 aromatic heterocycles. The van der Waals surface area contributed by atoms with Crippen LogP contribution in [-0.4, -0.2) is 9.97 Å². The third-order valence-electron chi connectivity index (χ3n) is 6.45. The Morgan fingerprint density at radius 2 is 1.48 bits per heavy atom. The summed E-state index contributed by atoms with van der Waals surface area (Å²) in [7, 11) is 0. The first-order valence-electron chi connectivity index (χ1n) is 9.25. The lowest BCUT2D eigenvalue weighted by Crippen LogP contribution is -3.00. The molecule has 3 aliphatic rings. The third-order valence-corrected chi connectivity index (χ3v) is 6.45. The highest BCUT2D eigenvalue weighted by Gasteiger charge is 2.59. The lowest BCUT2D eigenvalue weighted by atomic mass is 9.54. The van der Waals surface area contributed by atoms with Gasteiger partial charge < -0.3 is 22.4 Å². The zero-order chi connectivity index (χ0) is 17.1. The maximum atomic E-state index is 3.30. The monoisotopic (exact) mass is 373 g/mol. The Morgan fingerprint density at radius 1 is 0.815 bits per heavy atom. The lowest BCUT2D eigenvalue weighted by molar-refractivity contribution is -0.732. The molecule has 1 aliphatic carbocycles. The largest absolute Gasteiger partial charge is 1.00 e. The van der Waals surface area contributed by atoms with Crippen LogP contribution in [0, 0.1) is 0 Å². The van der Waals surface area contributed by atoms with Crippen LogP contribution in [0.15, 0.2) is 85.6 Å². The van der Waals surface area contributed by atoms with Gasteiger partial charge in [-0.25, -0.2) is 0 Å². The standard InChI is InChI=1S/C23H20N3.ClH/c1-2-6-19-18(5-1)21-13-23(16-8-10-24-14-16,17-9-11-25-15-17)22(19)20-7-3-4-12-26(20)21;/h1-12,14-15,21-22,24-25H,13H2;1H/q+1;/p-1/t21-,22+;/m1./s1. The molecule has 0 amide bonds. The van der Waals surface area contributed by atoms with Crippen molar-refractivity contribution >= 4 is 0 Å². The van der Waals surface area contributed by atoms with Crippen molar-refractivity contribution in [2.24, 2.45) is 0 Å². The van der Waals surface area contributed by atoms with E-state index in [1.807, 2.05) is 0 Å². The van der Waals surface area contributed by atoms with Crippen LogP contribution in [-0.2, 0) is 5.41 Å². The number of hydrogen-bond acceptors (Lipinski definition) is 0. The van der Waals surface area contributed by atoms with E-state index in [4.69, 9.17) is 0 Å². The first-order chi connectivity index (χ1) is 12.9. The van der Waals surface area contributed by atoms with Gasteiger partial charge in [0, 0.05) is 54.3 Å². The lowest BCUT2D eigenvalue weighted by Gasteiger charge is -2.49. The molecule has 7 rings (SSSR count). The van der Waals surface area contributed by atoms with Crippen molar-refractivity contribution in [3.63, 3.8) is 0 Å². The van der Waals surface area contributed by atoms with Crippen LogP contribution in [0.25, 0.3) is 0 Å². The molecule has 27 heavy (non-hydrogen) atoms. The highest BCUT2D eigenvalue weighted by atomic mass is 35.5. The Bertz CT molecular complexity index is 1000. The molecule has 0 unspecified atom stereocenters. The maximum Gasteiger partial charge on any atom is 0.190 e. The number of H-pyrrole nitrogens is 2. The Balaban J connectivity index is 0.00000160. The molecule has 5 heterocycles. The van der Waals surface area contributed by atoms with Gasteiger partial charge in [-0.15, -0.1) is 0 Å². The zero-order valence-electron chi connectivity index (χ0n) is 14.8. The molecular formula is C23H20ClN3. The van der Waals surface area contributed by atoms with Gasteiger partial charge in [0.05, 0.1) is 5.92 Å². The minimum atomic E-state index is -0.0552. The molecule has 2 N–H and O–H groups in total. The van der Waals surface area contributed by atoms with E-state index in [9.17, 15) is 0 Å². The van der Waals surface area contributed by atoms with Gasteiger partial charge in [-0.05, 0) is 28.8 Å². The highest BCUT2D eigenvalue weighted by Crippen LogP contribution is 2.59. The molecule has 2 bridgehead atoms. The number of hydrogen-bond donors (Lipinski definition) is 2. The average Bonchev–Trinajstić information content (AvgIpc) is 3.42. The normalized spacial score (nSPS) is 21.2. The van der Waals surface area contributed by atoms with Crippen LogP contribution in [0.2, 0.25) is 0 Å². The fourth-order valence-corrected chi connectivity index (χ4v) is 5.47. The van der Waals surface area contributed by atoms with Crippen LogP contribution in [0.1, 0.15) is 46.3 Å². The number of halogens is 1. The summed E-state index contributed by atoms with van der Waals surface area (Å²) in [5.74, 6) is 0.302. The number of nitrogens with zero attached hydrogens (tertiary/aromatic N) is 1. The summed E-state index contributed by atoms with van der Waals surface area (Å²) in [6.45, 7) is 0. The van der Waals surface area contributed by atoms with Crippen LogP contribution >= 0.6 is 0 Å². The van der Waals surface area contributed by atoms with Gasteiger partial charge in [0.25, 0.3) is 0 Å². The average molecular weight is 374 g/mol. The van der Waals surface area contributed by atoms with Crippen LogP contribution in [0.4, 0.5) is 0 Å². The second-order valence-electron chi connectivity index (χ2n) is 7.49. The van der Waals surface area contributed by atoms with Gasteiger partial charge in [-0.1, -0.05) is 30.3 Å². The topological polar surface area (TPSA) is 35.5 Å². The van der Waals surface area contributed by atoms with Crippen molar-refractivity contribution in [2.45, 2.75) is 23.8 Å². The summed E-state index contributed by atoms with van der Waals surface area (Å²) in [5.41, 5.74) is 7.04. The van der Waals surface area contributed by atoms with Crippen molar-refractivity contribution < 1.29 is 17.0 Å². The van der Waals surface area contributed by atoms with Crippen molar-refractivity contribution in [3.05, 3.63) is 114 Å². The molecular weight excluding hydrogens is 354 g/mol. The molecule has 2 atom stereocenters. The third kappa shape index (κ3) is 2.00. The fraction of sp³-hybridized carbons (Fsp3) is 0.174. The highest BCUT2D eigenvalue weighted by molar-refractivity contribution is 5.54. The van der Waals surface area contributed by atoms with E-state index in [0.717, 1.165) is 6.42 Å². The number of aromatic nitrogens is 3. The Hall–Kier alpha value is -2.78. The summed E-state index contributed by atoms with van der Waals surface area (Å²) >= 11 is 0. The number of benzene rings is 1. The van der Waals surface area contributed by atoms with Crippen molar-refractivity contribution in [2.75, 3.05) is 0 Å². The molecule has 0 saturated heterocycles. The van der Waals surface area contributed by atoms with E-state index >= 15 is 0 Å². The van der Waals surface area contributed by atoms with Gasteiger partial charge in [0.1, 0.15) is 0 Å². The SMILES string of the molecule is [Cl-].c1ccc2c(c1)[C@H]1c3cccc[n+]3[C@@H]2CC1(c1cc[nH]c1)c1cc[nH]c1. The number of nitrogens with one attached hydrogen (secondary N) is 2. The van der Waals surface area contributed by atoms with Crippen LogP contribution in [0.3, 0.4) is 0 Å². The Labute approximate surface area is 164 Å². The predicted molar refractivity (Wildman–Crippen MR) is 100 cm³/mol. The van der Waals surface area contributed by atoms with E-state index in [0.29, 0.717) is 12.0 Å². The number of pyridine rings is 1. The molecule has 2 aliphatic heterocycles. The van der Waals surface area contributed by atoms with Gasteiger partial charge in [-0.3, -0.25) is 0 Å². The second-order valence-corrected chi connectivity index (χ2v) is 7.49. The summed E-state index contributed by atoms with van der Waals surface area (Å²) in [5, 5.41) is 0. The molecule has 4 aromatic rings. The molecule has 1 aromatic carbocycles. The summed E-state index contributed by atoms with van der Waals surface area (Å²) in [4.78, 5) is 6.61. The van der Waals surface area contributed by atoms with E-state index in [2.05, 4.69) is 100 Å². The molecule has 3 nitrogen and oxygen atoms in total. The van der Waals surface area contributed by atoms with E-state index in [-0.39, 0.29) is 17.8 Å². The zero-order valence-corrected chi connectivity index (χ0v) is 15.5. The Kier molecular flexibility index (Phi) is 3.56. The van der Waals surface area contributed by atoms with Crippen molar-refractivity contribution in [1.29, 1.82) is 0 Å². The molecule has 0 radical (unpaired) electrons. The summed E-state index contributed by atoms with van der Waals surface area (Å²) in [6.07, 6.45) is 11.8. The smallest absolute Gasteiger partial charge is 0.190 e. The molecule has 134 valence electrons. The molecule has 4 heteroatoms. The minimum Gasteiger partial charge on any atom is -1.00 e. The maximum absolute atomic E-state index is 3.30. The second kappa shape index (κ2) is 5.86. The molecule has 0 saturated carbocycles. The summed E-state index contributed by atoms with van der Waals surface area (Å²) in [6, 6.07) is 20.5. The van der Waals surface area contributed by atoms with Crippen molar-refractivity contribution in [3.8, 4) is 0 Å². The van der Waals surface area contributed by atoms with Gasteiger partial charge in [-0.2, -0.15) is 4.57 Å². The fourth-order valence-electron chi connectivity index (χ4n) is 5.47. The number of aromatic amines is 2. The predicted octanol–water partition coefficient (Wildman–Crippen LogP) is 1.06. The van der Waals surface area contributed by atoms with E-state index in [1.54, 1.807) is 0 Å². The Morgan fingerprint density at radius 3 is 2.15 bits per heavy atom. The summed E-state index contributed by atoms with van der Waals surface area (Å²) < 4.78 is 2.49. The van der Waals surface area contributed by atoms with Crippen LogP contribution in [0.5, 0.6) is 0 Å². The minimum absolute atomic E-state index is 0. The number of fused-ring (bicyclic) bond motifs is 1. The van der Waals surface area contributed by atoms with E-state index in [1.165, 1.54) is 27.9 Å². The van der Waals surface area contributed by atoms with Crippen LogP contribution < -0.4 is 17.0 Å². The molecule has 0 spiro atoms. The van der Waals surface area contributed by atoms with Gasteiger partial charge in [0.15, 0.2) is 17.9 Å². The first kappa shape index (κ1) is 16.4. The van der Waals surface area contributed by atoms with Gasteiger partial charge >= 0.3 is 0 Å². The number of rotatable bonds is 2. The van der Waals surface area contributed by atoms with Crippen molar-refractivity contribution in [1.82, 2.24) is 9.97 Å². The van der Waals surface area contributed by atoms with E-state index < -0.39 is 0 Å². The van der Waals surface area contributed by atoms with Gasteiger partial charge in [0.2, 0.25) is 0 Å². The quantitative estimate of drug-likeness (QED) is 0.493. The molecule has 0 fully saturated rings. The first-order valence-corrected chi connectivity index (χ1v) is 9.25.